The number of oxime groups is 1. The van der Waals surface area contributed by atoms with Crippen LogP contribution >= 0.6 is 23.2 Å². The number of hydrogen-bond acceptors (Lipinski definition) is 6. The van der Waals surface area contributed by atoms with Crippen molar-refractivity contribution in [3.63, 3.8) is 0 Å². The Bertz CT molecular complexity index is 853. The van der Waals surface area contributed by atoms with Gasteiger partial charge in [0, 0.05) is 19.5 Å². The molecule has 0 saturated carbocycles. The molecule has 0 spiro atoms. The molecule has 2 heterocycles. The minimum absolute atomic E-state index is 0.00912. The summed E-state index contributed by atoms with van der Waals surface area (Å²) in [6.07, 6.45) is 0.304. The average molecular weight is 422 g/mol. The maximum atomic E-state index is 12.8. The molecule has 1 fully saturated rings. The fourth-order valence-corrected chi connectivity index (χ4v) is 4.84. The lowest BCUT2D eigenvalue weighted by Gasteiger charge is -2.26. The number of carbonyl (C=O) groups excluding carboxylic acids is 1. The number of ether oxygens (including phenoxy) is 1. The van der Waals surface area contributed by atoms with E-state index in [1.54, 1.807) is 0 Å². The summed E-state index contributed by atoms with van der Waals surface area (Å²) in [6, 6.07) is 2.44. The van der Waals surface area contributed by atoms with Gasteiger partial charge in [0.1, 0.15) is 11.0 Å². The topological polar surface area (TPSA) is 97.3 Å². The van der Waals surface area contributed by atoms with E-state index in [0.717, 1.165) is 0 Å². The third-order valence-corrected chi connectivity index (χ3v) is 6.61. The lowest BCUT2D eigenvalue weighted by Crippen LogP contribution is -2.40. The average Bonchev–Trinajstić information content (AvgIpc) is 3.00. The molecule has 1 N–H and O–H groups in total. The smallest absolute Gasteiger partial charge is 0.258 e. The highest BCUT2D eigenvalue weighted by molar-refractivity contribution is 7.89. The van der Waals surface area contributed by atoms with Crippen LogP contribution < -0.4 is 5.32 Å². The number of nitrogens with one attached hydrogen (secondary N) is 1. The molecular weight excluding hydrogens is 405 g/mol. The zero-order valence-corrected chi connectivity index (χ0v) is 16.2. The molecule has 0 unspecified atom stereocenters. The summed E-state index contributed by atoms with van der Waals surface area (Å²) in [6.45, 7) is 2.85. The first-order valence-electron chi connectivity index (χ1n) is 7.90. The van der Waals surface area contributed by atoms with Gasteiger partial charge in [-0.2, -0.15) is 4.31 Å². The molecule has 0 aliphatic carbocycles. The van der Waals surface area contributed by atoms with E-state index in [4.69, 9.17) is 32.8 Å². The molecule has 2 aliphatic heterocycles. The van der Waals surface area contributed by atoms with Crippen molar-refractivity contribution in [2.75, 3.05) is 26.3 Å². The predicted octanol–water partition coefficient (Wildman–Crippen LogP) is 1.87. The number of benzene rings is 1. The van der Waals surface area contributed by atoms with Gasteiger partial charge in [0.25, 0.3) is 5.91 Å². The number of rotatable bonds is 3. The molecule has 1 atom stereocenters. The molecule has 1 amide bonds. The van der Waals surface area contributed by atoms with Gasteiger partial charge in [0.05, 0.1) is 28.8 Å². The van der Waals surface area contributed by atoms with Crippen LogP contribution in [0.5, 0.6) is 0 Å². The maximum absolute atomic E-state index is 12.8. The molecule has 3 rings (SSSR count). The minimum Gasteiger partial charge on any atom is -0.391 e. The molecule has 11 heteroatoms. The number of sulfonamides is 1. The molecule has 0 radical (unpaired) electrons. The second kappa shape index (κ2) is 7.69. The first-order chi connectivity index (χ1) is 12.3. The maximum Gasteiger partial charge on any atom is 0.258 e. The highest BCUT2D eigenvalue weighted by Crippen LogP contribution is 2.31. The van der Waals surface area contributed by atoms with Crippen molar-refractivity contribution < 1.29 is 22.8 Å². The number of halogens is 2. The van der Waals surface area contributed by atoms with Gasteiger partial charge in [0.15, 0.2) is 5.84 Å². The molecule has 8 nitrogen and oxygen atoms in total. The molecular formula is C15H17Cl2N3O5S. The van der Waals surface area contributed by atoms with Gasteiger partial charge in [-0.15, -0.1) is 0 Å². The van der Waals surface area contributed by atoms with Crippen LogP contribution in [0.2, 0.25) is 10.0 Å². The molecule has 1 saturated heterocycles. The molecule has 26 heavy (non-hydrogen) atoms. The lowest BCUT2D eigenvalue weighted by molar-refractivity contribution is 0.0730. The summed E-state index contributed by atoms with van der Waals surface area (Å²) in [4.78, 5) is 17.3. The van der Waals surface area contributed by atoms with Gasteiger partial charge in [-0.05, 0) is 19.1 Å². The summed E-state index contributed by atoms with van der Waals surface area (Å²) in [5, 5.41) is 6.32. The van der Waals surface area contributed by atoms with E-state index in [1.807, 2.05) is 6.92 Å². The van der Waals surface area contributed by atoms with Gasteiger partial charge < -0.3 is 14.9 Å². The Morgan fingerprint density at radius 1 is 1.27 bits per heavy atom. The van der Waals surface area contributed by atoms with Crippen LogP contribution in [0, 0.1) is 0 Å². The third kappa shape index (κ3) is 3.96. The first kappa shape index (κ1) is 19.4. The van der Waals surface area contributed by atoms with E-state index in [0.29, 0.717) is 25.5 Å². The van der Waals surface area contributed by atoms with Gasteiger partial charge >= 0.3 is 0 Å². The fourth-order valence-electron chi connectivity index (χ4n) is 2.60. The molecule has 0 aromatic heterocycles. The van der Waals surface area contributed by atoms with Crippen molar-refractivity contribution in [3.8, 4) is 0 Å². The Labute approximate surface area is 161 Å². The van der Waals surface area contributed by atoms with Crippen LogP contribution in [0.4, 0.5) is 0 Å². The minimum atomic E-state index is -3.87. The standard InChI is InChI=1S/C15H17Cl2N3O5S/c1-9-6-14(19-25-9)18-15(21)10-7-13(12(17)8-11(10)16)26(22,23)20-2-4-24-5-3-20/h7-9H,2-6H2,1H3,(H,18,19,21)/t9-/m0/s1. The monoisotopic (exact) mass is 421 g/mol. The summed E-state index contributed by atoms with van der Waals surface area (Å²) < 4.78 is 32.1. The Morgan fingerprint density at radius 2 is 1.96 bits per heavy atom. The van der Waals surface area contributed by atoms with Crippen molar-refractivity contribution in [1.29, 1.82) is 0 Å². The number of nitrogens with zero attached hydrogens (tertiary/aromatic N) is 2. The van der Waals surface area contributed by atoms with E-state index in [1.165, 1.54) is 16.4 Å². The van der Waals surface area contributed by atoms with Crippen molar-refractivity contribution in [3.05, 3.63) is 27.7 Å². The second-order valence-corrected chi connectivity index (χ2v) is 8.61. The van der Waals surface area contributed by atoms with Gasteiger partial charge in [-0.1, -0.05) is 28.4 Å². The number of morpholine rings is 1. The van der Waals surface area contributed by atoms with Crippen molar-refractivity contribution in [2.24, 2.45) is 5.16 Å². The Balaban J connectivity index is 1.90. The predicted molar refractivity (Wildman–Crippen MR) is 96.1 cm³/mol. The van der Waals surface area contributed by atoms with Crippen LogP contribution in [0.1, 0.15) is 23.7 Å². The van der Waals surface area contributed by atoms with E-state index >= 15 is 0 Å². The van der Waals surface area contributed by atoms with Gasteiger partial charge in [0.2, 0.25) is 10.0 Å². The Kier molecular flexibility index (Phi) is 5.73. The molecule has 1 aromatic carbocycles. The molecule has 142 valence electrons. The van der Waals surface area contributed by atoms with E-state index in [-0.39, 0.29) is 39.7 Å². The second-order valence-electron chi connectivity index (χ2n) is 5.89. The van der Waals surface area contributed by atoms with E-state index in [2.05, 4.69) is 10.5 Å². The summed E-state index contributed by atoms with van der Waals surface area (Å²) in [5.41, 5.74) is -0.00912. The van der Waals surface area contributed by atoms with Gasteiger partial charge in [-0.3, -0.25) is 4.79 Å². The number of hydrogen-bond donors (Lipinski definition) is 1. The Morgan fingerprint density at radius 3 is 2.58 bits per heavy atom. The van der Waals surface area contributed by atoms with Gasteiger partial charge in [-0.25, -0.2) is 8.42 Å². The largest absolute Gasteiger partial charge is 0.391 e. The Hall–Kier alpha value is -1.39. The normalized spacial score (nSPS) is 21.2. The molecule has 0 bridgehead atoms. The van der Waals surface area contributed by atoms with Crippen LogP contribution in [0.15, 0.2) is 22.2 Å². The quantitative estimate of drug-likeness (QED) is 0.802. The SMILES string of the molecule is C[C@H]1CC(NC(=O)c2cc(S(=O)(=O)N3CCOCC3)c(Cl)cc2Cl)=NO1. The highest BCUT2D eigenvalue weighted by atomic mass is 35.5. The fraction of sp³-hybridized carbons (Fsp3) is 0.467. The zero-order valence-electron chi connectivity index (χ0n) is 13.9. The van der Waals surface area contributed by atoms with Crippen LogP contribution in [-0.4, -0.2) is 56.9 Å². The van der Waals surface area contributed by atoms with E-state index in [9.17, 15) is 13.2 Å². The van der Waals surface area contributed by atoms with E-state index < -0.39 is 15.9 Å². The van der Waals surface area contributed by atoms with Crippen molar-refractivity contribution in [2.45, 2.75) is 24.3 Å². The highest BCUT2D eigenvalue weighted by Gasteiger charge is 2.30. The third-order valence-electron chi connectivity index (χ3n) is 3.94. The number of amidine groups is 1. The summed E-state index contributed by atoms with van der Waals surface area (Å²) >= 11 is 12.2. The summed E-state index contributed by atoms with van der Waals surface area (Å²) in [7, 11) is -3.87. The van der Waals surface area contributed by atoms with Crippen LogP contribution in [-0.2, 0) is 19.6 Å². The number of carbonyl (C=O) groups is 1. The number of amides is 1. The molecule has 1 aromatic rings. The van der Waals surface area contributed by atoms with Crippen molar-refractivity contribution >= 4 is 45.0 Å². The molecule has 2 aliphatic rings. The van der Waals surface area contributed by atoms with Crippen molar-refractivity contribution in [1.82, 2.24) is 9.62 Å². The lowest BCUT2D eigenvalue weighted by atomic mass is 10.2. The van der Waals surface area contributed by atoms with Crippen LogP contribution in [0.25, 0.3) is 0 Å². The van der Waals surface area contributed by atoms with Crippen LogP contribution in [0.3, 0.4) is 0 Å². The first-order valence-corrected chi connectivity index (χ1v) is 10.1. The summed E-state index contributed by atoms with van der Waals surface area (Å²) in [5.74, 6) is -0.229. The zero-order chi connectivity index (χ0) is 18.9.